The van der Waals surface area contributed by atoms with Crippen molar-refractivity contribution in [2.24, 2.45) is 0 Å². The third-order valence-corrected chi connectivity index (χ3v) is 1.85. The van der Waals surface area contributed by atoms with Gasteiger partial charge >= 0.3 is 6.09 Å². The standard InChI is InChI=1S/C9H11N3O2S/c1-14-9(13)12-8(15)11-6-7-2-4-10-5-3-7/h2-5H,6H2,1H3,(H2,11,12,13,15). The maximum absolute atomic E-state index is 10.8. The van der Waals surface area contributed by atoms with Crippen LogP contribution in [0.25, 0.3) is 0 Å². The van der Waals surface area contributed by atoms with Gasteiger partial charge in [-0.3, -0.25) is 10.3 Å². The van der Waals surface area contributed by atoms with Gasteiger partial charge in [-0.1, -0.05) is 0 Å². The van der Waals surface area contributed by atoms with E-state index in [2.05, 4.69) is 20.4 Å². The molecule has 80 valence electrons. The van der Waals surface area contributed by atoms with Crippen LogP contribution in [0.1, 0.15) is 5.56 Å². The van der Waals surface area contributed by atoms with Crippen LogP contribution in [0.15, 0.2) is 24.5 Å². The van der Waals surface area contributed by atoms with E-state index in [-0.39, 0.29) is 5.11 Å². The van der Waals surface area contributed by atoms with E-state index in [1.165, 1.54) is 7.11 Å². The number of nitrogens with one attached hydrogen (secondary N) is 2. The molecule has 0 spiro atoms. The highest BCUT2D eigenvalue weighted by molar-refractivity contribution is 7.80. The van der Waals surface area contributed by atoms with Gasteiger partial charge in [0, 0.05) is 18.9 Å². The Kier molecular flexibility index (Phi) is 4.49. The van der Waals surface area contributed by atoms with Crippen LogP contribution in [-0.4, -0.2) is 23.3 Å². The van der Waals surface area contributed by atoms with Gasteiger partial charge in [-0.25, -0.2) is 4.79 Å². The van der Waals surface area contributed by atoms with E-state index in [9.17, 15) is 4.79 Å². The van der Waals surface area contributed by atoms with Crippen LogP contribution < -0.4 is 10.6 Å². The lowest BCUT2D eigenvalue weighted by Gasteiger charge is -2.07. The number of carbonyl (C=O) groups excluding carboxylic acids is 1. The molecule has 0 aliphatic heterocycles. The molecule has 0 radical (unpaired) electrons. The van der Waals surface area contributed by atoms with Crippen LogP contribution in [0.4, 0.5) is 4.79 Å². The second kappa shape index (κ2) is 5.92. The Hall–Kier alpha value is -1.69. The van der Waals surface area contributed by atoms with E-state index in [1.807, 2.05) is 12.1 Å². The van der Waals surface area contributed by atoms with Gasteiger partial charge in [-0.2, -0.15) is 0 Å². The Labute approximate surface area is 92.8 Å². The van der Waals surface area contributed by atoms with Crippen LogP contribution in [0.2, 0.25) is 0 Å². The summed E-state index contributed by atoms with van der Waals surface area (Å²) in [4.78, 5) is 14.6. The molecule has 0 fully saturated rings. The predicted molar refractivity (Wildman–Crippen MR) is 59.2 cm³/mol. The number of amides is 1. The summed E-state index contributed by atoms with van der Waals surface area (Å²) in [5.41, 5.74) is 1.03. The summed E-state index contributed by atoms with van der Waals surface area (Å²) in [5.74, 6) is 0. The number of pyridine rings is 1. The number of hydrogen-bond acceptors (Lipinski definition) is 4. The molecule has 0 saturated carbocycles. The summed E-state index contributed by atoms with van der Waals surface area (Å²) in [7, 11) is 1.28. The van der Waals surface area contributed by atoms with E-state index < -0.39 is 6.09 Å². The maximum Gasteiger partial charge on any atom is 0.413 e. The molecule has 0 unspecified atom stereocenters. The van der Waals surface area contributed by atoms with Gasteiger partial charge < -0.3 is 10.1 Å². The SMILES string of the molecule is COC(=O)NC(=S)NCc1ccncc1. The van der Waals surface area contributed by atoms with Crippen LogP contribution in [0.3, 0.4) is 0 Å². The lowest BCUT2D eigenvalue weighted by molar-refractivity contribution is 0.176. The Morgan fingerprint density at radius 1 is 1.53 bits per heavy atom. The fraction of sp³-hybridized carbons (Fsp3) is 0.222. The number of methoxy groups -OCH3 is 1. The van der Waals surface area contributed by atoms with Gasteiger partial charge in [0.25, 0.3) is 0 Å². The van der Waals surface area contributed by atoms with Crippen LogP contribution in [0, 0.1) is 0 Å². The van der Waals surface area contributed by atoms with E-state index in [0.717, 1.165) is 5.56 Å². The van der Waals surface area contributed by atoms with Gasteiger partial charge in [-0.15, -0.1) is 0 Å². The molecule has 1 rings (SSSR count). The number of carbonyl (C=O) groups is 1. The van der Waals surface area contributed by atoms with Crippen molar-refractivity contribution >= 4 is 23.4 Å². The molecule has 0 aliphatic carbocycles. The third kappa shape index (κ3) is 4.37. The summed E-state index contributed by atoms with van der Waals surface area (Å²) < 4.78 is 4.39. The van der Waals surface area contributed by atoms with Crippen molar-refractivity contribution < 1.29 is 9.53 Å². The fourth-order valence-corrected chi connectivity index (χ4v) is 1.03. The normalized spacial score (nSPS) is 9.13. The molecule has 2 N–H and O–H groups in total. The first-order valence-corrected chi connectivity index (χ1v) is 4.65. The van der Waals surface area contributed by atoms with Crippen LogP contribution in [0.5, 0.6) is 0 Å². The topological polar surface area (TPSA) is 63.2 Å². The maximum atomic E-state index is 10.8. The minimum atomic E-state index is -0.581. The predicted octanol–water partition coefficient (Wildman–Crippen LogP) is 0.812. The number of thiocarbonyl (C=S) groups is 1. The average Bonchev–Trinajstić information content (AvgIpc) is 2.27. The number of hydrogen-bond donors (Lipinski definition) is 2. The monoisotopic (exact) mass is 225 g/mol. The number of aromatic nitrogens is 1. The number of ether oxygens (including phenoxy) is 1. The van der Waals surface area contributed by atoms with E-state index in [1.54, 1.807) is 12.4 Å². The third-order valence-electron chi connectivity index (χ3n) is 1.60. The lowest BCUT2D eigenvalue weighted by Crippen LogP contribution is -2.38. The van der Waals surface area contributed by atoms with Gasteiger partial charge in [0.15, 0.2) is 5.11 Å². The smallest absolute Gasteiger partial charge is 0.413 e. The minimum Gasteiger partial charge on any atom is -0.453 e. The molecule has 0 atom stereocenters. The first-order valence-electron chi connectivity index (χ1n) is 4.24. The second-order valence-electron chi connectivity index (χ2n) is 2.65. The molecular weight excluding hydrogens is 214 g/mol. The van der Waals surface area contributed by atoms with Gasteiger partial charge in [0.05, 0.1) is 7.11 Å². The molecule has 1 aromatic rings. The minimum absolute atomic E-state index is 0.235. The van der Waals surface area contributed by atoms with Gasteiger partial charge in [0.2, 0.25) is 0 Å². The molecule has 0 bridgehead atoms. The molecular formula is C9H11N3O2S. The second-order valence-corrected chi connectivity index (χ2v) is 3.06. The van der Waals surface area contributed by atoms with Crippen LogP contribution >= 0.6 is 12.2 Å². The molecule has 1 amide bonds. The molecule has 0 saturated heterocycles. The molecule has 0 aromatic carbocycles. The number of nitrogens with zero attached hydrogens (tertiary/aromatic N) is 1. The van der Waals surface area contributed by atoms with E-state index in [4.69, 9.17) is 12.2 Å². The van der Waals surface area contributed by atoms with Crippen molar-refractivity contribution in [3.8, 4) is 0 Å². The number of rotatable bonds is 2. The Bertz CT molecular complexity index is 342. The van der Waals surface area contributed by atoms with Crippen molar-refractivity contribution in [1.82, 2.24) is 15.6 Å². The van der Waals surface area contributed by atoms with Crippen molar-refractivity contribution in [2.45, 2.75) is 6.54 Å². The summed E-state index contributed by atoms with van der Waals surface area (Å²) in [6, 6.07) is 3.71. The molecule has 0 aliphatic rings. The molecule has 1 heterocycles. The fourth-order valence-electron chi connectivity index (χ4n) is 0.871. The Balaban J connectivity index is 2.32. The summed E-state index contributed by atoms with van der Waals surface area (Å²) >= 11 is 4.86. The quantitative estimate of drug-likeness (QED) is 0.729. The Morgan fingerprint density at radius 2 is 2.20 bits per heavy atom. The molecule has 6 heteroatoms. The zero-order valence-corrected chi connectivity index (χ0v) is 9.00. The molecule has 1 aromatic heterocycles. The van der Waals surface area contributed by atoms with Crippen molar-refractivity contribution in [3.05, 3.63) is 30.1 Å². The van der Waals surface area contributed by atoms with Gasteiger partial charge in [0.1, 0.15) is 0 Å². The lowest BCUT2D eigenvalue weighted by atomic mass is 10.3. The zero-order chi connectivity index (χ0) is 11.1. The highest BCUT2D eigenvalue weighted by atomic mass is 32.1. The summed E-state index contributed by atoms with van der Waals surface area (Å²) in [6.45, 7) is 0.533. The largest absolute Gasteiger partial charge is 0.453 e. The first-order chi connectivity index (χ1) is 7.22. The average molecular weight is 225 g/mol. The molecule has 15 heavy (non-hydrogen) atoms. The van der Waals surface area contributed by atoms with Crippen molar-refractivity contribution in [3.63, 3.8) is 0 Å². The highest BCUT2D eigenvalue weighted by Crippen LogP contribution is 1.94. The van der Waals surface area contributed by atoms with Crippen molar-refractivity contribution in [1.29, 1.82) is 0 Å². The first kappa shape index (κ1) is 11.4. The van der Waals surface area contributed by atoms with Crippen molar-refractivity contribution in [2.75, 3.05) is 7.11 Å². The number of alkyl carbamates (subject to hydrolysis) is 1. The van der Waals surface area contributed by atoms with E-state index in [0.29, 0.717) is 6.54 Å². The highest BCUT2D eigenvalue weighted by Gasteiger charge is 2.01. The van der Waals surface area contributed by atoms with Gasteiger partial charge in [-0.05, 0) is 29.9 Å². The van der Waals surface area contributed by atoms with Crippen LogP contribution in [-0.2, 0) is 11.3 Å². The van der Waals surface area contributed by atoms with E-state index >= 15 is 0 Å². The molecule has 5 nitrogen and oxygen atoms in total. The zero-order valence-electron chi connectivity index (χ0n) is 8.19. The summed E-state index contributed by atoms with van der Waals surface area (Å²) in [5, 5.41) is 5.43. The summed E-state index contributed by atoms with van der Waals surface area (Å²) in [6.07, 6.45) is 2.80. The Morgan fingerprint density at radius 3 is 2.80 bits per heavy atom.